The molecule has 0 bridgehead atoms. The number of benzene rings is 1. The lowest BCUT2D eigenvalue weighted by molar-refractivity contribution is -0.178. The fourth-order valence-electron chi connectivity index (χ4n) is 4.26. The lowest BCUT2D eigenvalue weighted by atomic mass is 9.98. The van der Waals surface area contributed by atoms with E-state index in [4.69, 9.17) is 9.68 Å². The fraction of sp³-hybridized carbons (Fsp3) is 0.481. The molecule has 1 aromatic heterocycles. The second-order valence-electron chi connectivity index (χ2n) is 9.12. The minimum absolute atomic E-state index is 0.000581. The molecule has 1 saturated heterocycles. The Hall–Kier alpha value is -3.68. The summed E-state index contributed by atoms with van der Waals surface area (Å²) in [4.78, 5) is 39.9. The number of carbonyl (C=O) groups excluding carboxylic acids is 3. The first-order valence-corrected chi connectivity index (χ1v) is 12.5. The summed E-state index contributed by atoms with van der Waals surface area (Å²) in [6, 6.07) is 15.2. The summed E-state index contributed by atoms with van der Waals surface area (Å²) >= 11 is 0. The summed E-state index contributed by atoms with van der Waals surface area (Å²) in [5, 5.41) is 15.1. The Kier molecular flexibility index (Phi) is 12.3. The number of nitriles is 1. The van der Waals surface area contributed by atoms with Crippen molar-refractivity contribution in [1.82, 2.24) is 25.1 Å². The van der Waals surface area contributed by atoms with Gasteiger partial charge in [-0.25, -0.2) is 5.01 Å². The van der Waals surface area contributed by atoms with Gasteiger partial charge in [0.1, 0.15) is 24.5 Å². The summed E-state index contributed by atoms with van der Waals surface area (Å²) in [5.41, 5.74) is 1.33. The summed E-state index contributed by atoms with van der Waals surface area (Å²) in [5.74, 6) is 0.617. The molecule has 3 rings (SSSR count). The van der Waals surface area contributed by atoms with Crippen molar-refractivity contribution in [2.45, 2.75) is 52.5 Å². The molecule has 10 heteroatoms. The third-order valence-corrected chi connectivity index (χ3v) is 6.01. The molecule has 1 aromatic carbocycles. The van der Waals surface area contributed by atoms with E-state index in [1.54, 1.807) is 22.0 Å². The molecule has 0 aliphatic carbocycles. The van der Waals surface area contributed by atoms with Gasteiger partial charge in [0, 0.05) is 13.1 Å². The number of furan rings is 1. The van der Waals surface area contributed by atoms with Gasteiger partial charge in [-0.05, 0) is 37.1 Å². The first kappa shape index (κ1) is 29.5. The third-order valence-electron chi connectivity index (χ3n) is 6.01. The molecule has 2 aromatic rings. The zero-order valence-corrected chi connectivity index (χ0v) is 22.1. The molecule has 0 spiro atoms. The van der Waals surface area contributed by atoms with Gasteiger partial charge in [0.05, 0.1) is 25.4 Å². The van der Waals surface area contributed by atoms with Gasteiger partial charge >= 0.3 is 0 Å². The normalized spacial score (nSPS) is 17.3. The average Bonchev–Trinajstić information content (AvgIpc) is 3.41. The van der Waals surface area contributed by atoms with Gasteiger partial charge in [-0.2, -0.15) is 5.26 Å². The minimum Gasteiger partial charge on any atom is -0.467 e. The second-order valence-corrected chi connectivity index (χ2v) is 9.12. The Labute approximate surface area is 219 Å². The van der Waals surface area contributed by atoms with E-state index in [0.717, 1.165) is 6.54 Å². The van der Waals surface area contributed by atoms with E-state index in [2.05, 4.69) is 17.4 Å². The number of amides is 3. The molecule has 0 radical (unpaired) electrons. The van der Waals surface area contributed by atoms with Gasteiger partial charge in [-0.1, -0.05) is 51.1 Å². The van der Waals surface area contributed by atoms with Crippen LogP contribution in [0.5, 0.6) is 0 Å². The fourth-order valence-corrected chi connectivity index (χ4v) is 4.26. The maximum Gasteiger partial charge on any atom is 0.246 e. The number of carbonyl (C=O) groups is 3. The maximum absolute atomic E-state index is 13.1. The van der Waals surface area contributed by atoms with Crippen LogP contribution in [0.3, 0.4) is 0 Å². The Bertz CT molecular complexity index is 992. The molecule has 1 fully saturated rings. The number of hydrogen-bond acceptors (Lipinski definition) is 7. The Morgan fingerprint density at radius 2 is 1.95 bits per heavy atom. The molecule has 200 valence electrons. The molecule has 10 nitrogen and oxygen atoms in total. The van der Waals surface area contributed by atoms with Gasteiger partial charge in [0.15, 0.2) is 0 Å². The van der Waals surface area contributed by atoms with Crippen LogP contribution >= 0.6 is 0 Å². The van der Waals surface area contributed by atoms with Gasteiger partial charge in [0.2, 0.25) is 18.7 Å². The van der Waals surface area contributed by atoms with Crippen molar-refractivity contribution in [3.05, 3.63) is 60.1 Å². The van der Waals surface area contributed by atoms with E-state index in [1.165, 1.54) is 21.7 Å². The van der Waals surface area contributed by atoms with E-state index < -0.39 is 12.2 Å². The van der Waals surface area contributed by atoms with Crippen molar-refractivity contribution in [3.8, 4) is 6.07 Å². The lowest BCUT2D eigenvalue weighted by Gasteiger charge is -2.49. The standard InChI is InChI=1S/C19H27N5O4.C8H11N/c1-4-22(8-7-20)24(14-26)18-12-21(11-16-6-5-9-28-16)19(27)17(10-15(2)3)23(18)13-25;1-9-7-8-5-3-2-4-6-8/h5-6,9,13-15,17-18H,4,8,10-12H2,1-3H3;2-6,9H,7H2,1H3/t17-,18?;/m0./s1. The second kappa shape index (κ2) is 15.4. The predicted octanol–water partition coefficient (Wildman–Crippen LogP) is 2.45. The Balaban J connectivity index is 0.000000449. The summed E-state index contributed by atoms with van der Waals surface area (Å²) in [7, 11) is 1.95. The topological polar surface area (TPSA) is 113 Å². The quantitative estimate of drug-likeness (QED) is 0.265. The Morgan fingerprint density at radius 1 is 1.22 bits per heavy atom. The molecule has 37 heavy (non-hydrogen) atoms. The highest BCUT2D eigenvalue weighted by molar-refractivity contribution is 5.85. The van der Waals surface area contributed by atoms with Crippen LogP contribution in [0.4, 0.5) is 0 Å². The zero-order chi connectivity index (χ0) is 27.2. The van der Waals surface area contributed by atoms with Gasteiger partial charge in [-0.15, -0.1) is 0 Å². The monoisotopic (exact) mass is 510 g/mol. The van der Waals surface area contributed by atoms with E-state index in [1.807, 2.05) is 52.1 Å². The van der Waals surface area contributed by atoms with Gasteiger partial charge in [-0.3, -0.25) is 19.4 Å². The molecule has 2 heterocycles. The summed E-state index contributed by atoms with van der Waals surface area (Å²) in [6.07, 6.45) is 2.54. The van der Waals surface area contributed by atoms with E-state index in [-0.39, 0.29) is 31.5 Å². The summed E-state index contributed by atoms with van der Waals surface area (Å²) < 4.78 is 5.37. The molecule has 3 amide bonds. The van der Waals surface area contributed by atoms with Crippen LogP contribution in [-0.2, 0) is 27.5 Å². The first-order chi connectivity index (χ1) is 17.9. The molecule has 0 saturated carbocycles. The van der Waals surface area contributed by atoms with Crippen LogP contribution < -0.4 is 5.32 Å². The smallest absolute Gasteiger partial charge is 0.246 e. The van der Waals surface area contributed by atoms with Crippen LogP contribution in [0.1, 0.15) is 38.5 Å². The van der Waals surface area contributed by atoms with Crippen LogP contribution in [0, 0.1) is 17.2 Å². The molecular weight excluding hydrogens is 472 g/mol. The van der Waals surface area contributed by atoms with Gasteiger partial charge < -0.3 is 19.5 Å². The predicted molar refractivity (Wildman–Crippen MR) is 139 cm³/mol. The highest BCUT2D eigenvalue weighted by atomic mass is 16.3. The lowest BCUT2D eigenvalue weighted by Crippen LogP contribution is -2.68. The van der Waals surface area contributed by atoms with Crippen molar-refractivity contribution in [3.63, 3.8) is 0 Å². The number of nitrogens with zero attached hydrogens (tertiary/aromatic N) is 5. The first-order valence-electron chi connectivity index (χ1n) is 12.5. The van der Waals surface area contributed by atoms with Crippen LogP contribution in [-0.4, -0.2) is 77.4 Å². The SMILES string of the molecule is CCN(CC#N)N(C=O)C1CN(Cc2ccco2)C(=O)[C@H](CC(C)C)N1C=O.CNCc1ccccc1. The molecule has 2 atom stereocenters. The highest BCUT2D eigenvalue weighted by Crippen LogP contribution is 2.25. The number of hydrogen-bond donors (Lipinski definition) is 1. The number of piperazine rings is 1. The van der Waals surface area contributed by atoms with Gasteiger partial charge in [0.25, 0.3) is 0 Å². The average molecular weight is 511 g/mol. The maximum atomic E-state index is 13.1. The summed E-state index contributed by atoms with van der Waals surface area (Å²) in [6.45, 7) is 7.52. The van der Waals surface area contributed by atoms with Crippen molar-refractivity contribution < 1.29 is 18.8 Å². The van der Waals surface area contributed by atoms with E-state index in [9.17, 15) is 14.4 Å². The van der Waals surface area contributed by atoms with Crippen LogP contribution in [0.2, 0.25) is 0 Å². The molecule has 1 aliphatic heterocycles. The number of hydrazine groups is 1. The van der Waals surface area contributed by atoms with Crippen molar-refractivity contribution in [2.24, 2.45) is 5.92 Å². The highest BCUT2D eigenvalue weighted by Gasteiger charge is 2.43. The molecule has 1 aliphatic rings. The number of nitrogens with one attached hydrogen (secondary N) is 1. The largest absolute Gasteiger partial charge is 0.467 e. The Morgan fingerprint density at radius 3 is 2.46 bits per heavy atom. The van der Waals surface area contributed by atoms with Crippen molar-refractivity contribution in [2.75, 3.05) is 26.7 Å². The third kappa shape index (κ3) is 8.44. The van der Waals surface area contributed by atoms with Crippen LogP contribution in [0.25, 0.3) is 0 Å². The molecular formula is C27H38N6O4. The van der Waals surface area contributed by atoms with Crippen LogP contribution in [0.15, 0.2) is 53.1 Å². The minimum atomic E-state index is -0.695. The molecule has 1 unspecified atom stereocenters. The number of rotatable bonds is 12. The van der Waals surface area contributed by atoms with Crippen molar-refractivity contribution in [1.29, 1.82) is 5.26 Å². The van der Waals surface area contributed by atoms with E-state index >= 15 is 0 Å². The molecule has 1 N–H and O–H groups in total. The van der Waals surface area contributed by atoms with E-state index in [0.29, 0.717) is 31.5 Å². The van der Waals surface area contributed by atoms with Crippen molar-refractivity contribution >= 4 is 18.7 Å². The zero-order valence-electron chi connectivity index (χ0n) is 22.1.